The summed E-state index contributed by atoms with van der Waals surface area (Å²) in [5.41, 5.74) is 3.39. The largest absolute Gasteiger partial charge is 0.432 e. The summed E-state index contributed by atoms with van der Waals surface area (Å²) in [5, 5.41) is -0.0459. The molecule has 0 bridgehead atoms. The van der Waals surface area contributed by atoms with Gasteiger partial charge in [0.1, 0.15) is 0 Å². The second-order valence-corrected chi connectivity index (χ2v) is 11.0. The molecule has 1 aromatic carbocycles. The third-order valence-electron chi connectivity index (χ3n) is 4.19. The molecule has 20 heavy (non-hydrogen) atoms. The van der Waals surface area contributed by atoms with Gasteiger partial charge in [0, 0.05) is 11.8 Å². The summed E-state index contributed by atoms with van der Waals surface area (Å²) in [6.45, 7) is 8.34. The molecule has 0 saturated carbocycles. The molecule has 2 nitrogen and oxygen atoms in total. The molecule has 0 spiro atoms. The first kappa shape index (κ1) is 14.9. The number of hydrogen-bond acceptors (Lipinski definition) is 2. The molecule has 0 aliphatic carbocycles. The van der Waals surface area contributed by atoms with Crippen molar-refractivity contribution in [2.75, 3.05) is 0 Å². The molecule has 1 aromatic heterocycles. The molecule has 0 fully saturated rings. The molecule has 2 aromatic rings. The van der Waals surface area contributed by atoms with Crippen molar-refractivity contribution in [2.45, 2.75) is 38.4 Å². The van der Waals surface area contributed by atoms with Crippen LogP contribution in [0.5, 0.6) is 0 Å². The van der Waals surface area contributed by atoms with Crippen molar-refractivity contribution in [3.63, 3.8) is 0 Å². The van der Waals surface area contributed by atoms with Crippen LogP contribution in [0.15, 0.2) is 48.7 Å². The number of rotatable bonds is 4. The minimum absolute atomic E-state index is 0.0459. The van der Waals surface area contributed by atoms with E-state index < -0.39 is 8.32 Å². The van der Waals surface area contributed by atoms with Crippen LogP contribution < -0.4 is 0 Å². The van der Waals surface area contributed by atoms with Crippen molar-refractivity contribution >= 4 is 8.32 Å². The Hall–Kier alpha value is -1.45. The van der Waals surface area contributed by atoms with E-state index in [4.69, 9.17) is 0 Å². The van der Waals surface area contributed by atoms with E-state index >= 15 is 0 Å². The summed E-state index contributed by atoms with van der Waals surface area (Å²) >= 11 is 0. The van der Waals surface area contributed by atoms with E-state index in [1.54, 1.807) is 0 Å². The van der Waals surface area contributed by atoms with Crippen LogP contribution >= 0.6 is 0 Å². The van der Waals surface area contributed by atoms with Gasteiger partial charge in [-0.05, 0) is 48.3 Å². The van der Waals surface area contributed by atoms with Gasteiger partial charge in [-0.2, -0.15) is 0 Å². The van der Waals surface area contributed by atoms with Crippen LogP contribution in [0.3, 0.4) is 0 Å². The third kappa shape index (κ3) is 3.35. The molecule has 0 aliphatic heterocycles. The fraction of sp³-hybridized carbons (Fsp3) is 0.353. The number of nitrogens with zero attached hydrogens (tertiary/aromatic N) is 1. The maximum Gasteiger partial charge on any atom is 0.188 e. The highest BCUT2D eigenvalue weighted by molar-refractivity contribution is 6.72. The van der Waals surface area contributed by atoms with Gasteiger partial charge < -0.3 is 4.80 Å². The number of pyridine rings is 1. The minimum Gasteiger partial charge on any atom is -0.432 e. The molecule has 1 N–H and O–H groups in total. The molecule has 3 heteroatoms. The molecular formula is C17H23NOSi. The van der Waals surface area contributed by atoms with Crippen molar-refractivity contribution in [3.05, 3.63) is 54.2 Å². The van der Waals surface area contributed by atoms with Crippen LogP contribution in [0.25, 0.3) is 11.3 Å². The van der Waals surface area contributed by atoms with Gasteiger partial charge in [0.2, 0.25) is 0 Å². The Morgan fingerprint density at radius 3 is 2.45 bits per heavy atom. The summed E-state index contributed by atoms with van der Waals surface area (Å²) in [5.74, 6) is 0. The van der Waals surface area contributed by atoms with Crippen molar-refractivity contribution in [1.82, 2.24) is 4.98 Å². The van der Waals surface area contributed by atoms with E-state index in [0.29, 0.717) is 0 Å². The molecule has 0 saturated heterocycles. The average molecular weight is 285 g/mol. The first-order chi connectivity index (χ1) is 9.29. The van der Waals surface area contributed by atoms with Crippen LogP contribution in [0.1, 0.15) is 19.4 Å². The Bertz CT molecular complexity index is 573. The van der Waals surface area contributed by atoms with E-state index in [9.17, 15) is 4.80 Å². The highest BCUT2D eigenvalue weighted by Gasteiger charge is 2.37. The zero-order valence-electron chi connectivity index (χ0n) is 12.7. The maximum atomic E-state index is 10.4. The summed E-state index contributed by atoms with van der Waals surface area (Å²) in [6, 6.07) is 14.4. The average Bonchev–Trinajstić information content (AvgIpc) is 2.38. The van der Waals surface area contributed by atoms with Gasteiger partial charge in [-0.15, -0.1) is 0 Å². The Morgan fingerprint density at radius 2 is 1.85 bits per heavy atom. The molecule has 0 amide bonds. The summed E-state index contributed by atoms with van der Waals surface area (Å²) in [6.07, 6.45) is 2.71. The molecule has 106 valence electrons. The molecule has 2 rings (SSSR count). The Labute approximate surface area is 122 Å². The lowest BCUT2D eigenvalue weighted by molar-refractivity contribution is 0.467. The SMILES string of the molecule is CC(C)(Cc1cccc(-c2ccccn2)c1)[Si](C)(C)O. The van der Waals surface area contributed by atoms with Crippen LogP contribution in [0.2, 0.25) is 18.1 Å². The third-order valence-corrected chi connectivity index (χ3v) is 7.68. The standard InChI is InChI=1S/C17H23NOSi/c1-17(2,20(3,4)19)13-14-8-7-9-15(12-14)16-10-5-6-11-18-16/h5-12,19H,13H2,1-4H3. The predicted octanol–water partition coefficient (Wildman–Crippen LogP) is 4.27. The van der Waals surface area contributed by atoms with Gasteiger partial charge in [-0.25, -0.2) is 0 Å². The number of aromatic nitrogens is 1. The van der Waals surface area contributed by atoms with Crippen molar-refractivity contribution in [1.29, 1.82) is 0 Å². The van der Waals surface area contributed by atoms with E-state index in [0.717, 1.165) is 17.7 Å². The molecular weight excluding hydrogens is 262 g/mol. The van der Waals surface area contributed by atoms with Crippen LogP contribution in [0, 0.1) is 0 Å². The van der Waals surface area contributed by atoms with Crippen LogP contribution in [-0.2, 0) is 6.42 Å². The molecule has 0 radical (unpaired) electrons. The van der Waals surface area contributed by atoms with Gasteiger partial charge in [0.15, 0.2) is 8.32 Å². The van der Waals surface area contributed by atoms with Gasteiger partial charge in [-0.1, -0.05) is 38.1 Å². The molecule has 0 unspecified atom stereocenters. The van der Waals surface area contributed by atoms with E-state index in [1.165, 1.54) is 5.56 Å². The van der Waals surface area contributed by atoms with Crippen LogP contribution in [0.4, 0.5) is 0 Å². The van der Waals surface area contributed by atoms with Crippen LogP contribution in [-0.4, -0.2) is 18.1 Å². The lowest BCUT2D eigenvalue weighted by Gasteiger charge is -2.35. The lowest BCUT2D eigenvalue weighted by atomic mass is 9.99. The second kappa shape index (κ2) is 5.50. The van der Waals surface area contributed by atoms with Crippen molar-refractivity contribution in [2.24, 2.45) is 0 Å². The monoisotopic (exact) mass is 285 g/mol. The van der Waals surface area contributed by atoms with Gasteiger partial charge in [0.05, 0.1) is 5.69 Å². The van der Waals surface area contributed by atoms with Gasteiger partial charge >= 0.3 is 0 Å². The first-order valence-corrected chi connectivity index (χ1v) is 9.97. The number of benzene rings is 1. The van der Waals surface area contributed by atoms with E-state index in [1.807, 2.05) is 37.5 Å². The lowest BCUT2D eigenvalue weighted by Crippen LogP contribution is -2.40. The summed E-state index contributed by atoms with van der Waals surface area (Å²) < 4.78 is 0. The molecule has 1 heterocycles. The normalized spacial score (nSPS) is 12.4. The van der Waals surface area contributed by atoms with Gasteiger partial charge in [-0.3, -0.25) is 4.98 Å². The first-order valence-electron chi connectivity index (χ1n) is 7.02. The molecule has 0 aliphatic rings. The Morgan fingerprint density at radius 1 is 1.10 bits per heavy atom. The second-order valence-electron chi connectivity index (χ2n) is 6.54. The Kier molecular flexibility index (Phi) is 4.11. The zero-order chi connectivity index (χ0) is 14.8. The van der Waals surface area contributed by atoms with Crippen molar-refractivity contribution in [3.8, 4) is 11.3 Å². The topological polar surface area (TPSA) is 33.1 Å². The predicted molar refractivity (Wildman–Crippen MR) is 87.1 cm³/mol. The number of hydrogen-bond donors (Lipinski definition) is 1. The van der Waals surface area contributed by atoms with E-state index in [2.05, 4.69) is 43.1 Å². The Balaban J connectivity index is 2.28. The van der Waals surface area contributed by atoms with E-state index in [-0.39, 0.29) is 5.04 Å². The summed E-state index contributed by atoms with van der Waals surface area (Å²) in [4.78, 5) is 14.8. The molecule has 0 atom stereocenters. The summed E-state index contributed by atoms with van der Waals surface area (Å²) in [7, 11) is -2.18. The van der Waals surface area contributed by atoms with Gasteiger partial charge in [0.25, 0.3) is 0 Å². The zero-order valence-corrected chi connectivity index (χ0v) is 13.7. The minimum atomic E-state index is -2.18. The smallest absolute Gasteiger partial charge is 0.188 e. The highest BCUT2D eigenvalue weighted by Crippen LogP contribution is 2.39. The fourth-order valence-corrected chi connectivity index (χ4v) is 2.74. The maximum absolute atomic E-state index is 10.4. The van der Waals surface area contributed by atoms with Crippen molar-refractivity contribution < 1.29 is 4.80 Å². The quantitative estimate of drug-likeness (QED) is 0.851. The fourth-order valence-electron chi connectivity index (χ4n) is 2.10. The highest BCUT2D eigenvalue weighted by atomic mass is 28.4.